The molecule has 3 N–H and O–H groups in total. The van der Waals surface area contributed by atoms with E-state index in [9.17, 15) is 9.18 Å². The number of rotatable bonds is 5. The molecule has 0 radical (unpaired) electrons. The molecule has 1 aromatic heterocycles. The lowest BCUT2D eigenvalue weighted by Crippen LogP contribution is -2.39. The van der Waals surface area contributed by atoms with E-state index in [0.29, 0.717) is 30.1 Å². The molecule has 0 bridgehead atoms. The van der Waals surface area contributed by atoms with Crippen molar-refractivity contribution < 1.29 is 9.18 Å². The molecule has 0 atom stereocenters. The van der Waals surface area contributed by atoms with Crippen LogP contribution in [0, 0.1) is 0 Å². The number of hydrogen-bond donors (Lipinski definition) is 2. The van der Waals surface area contributed by atoms with Gasteiger partial charge in [0.15, 0.2) is 0 Å². The quantitative estimate of drug-likeness (QED) is 0.834. The molecule has 1 heterocycles. The van der Waals surface area contributed by atoms with E-state index in [1.54, 1.807) is 23.0 Å². The minimum atomic E-state index is -0.0584. The lowest BCUT2D eigenvalue weighted by atomic mass is 9.93. The molecule has 0 saturated heterocycles. The van der Waals surface area contributed by atoms with E-state index in [1.165, 1.54) is 6.42 Å². The van der Waals surface area contributed by atoms with Gasteiger partial charge in [0, 0.05) is 31.5 Å². The van der Waals surface area contributed by atoms with Crippen LogP contribution in [0.15, 0.2) is 30.4 Å². The van der Waals surface area contributed by atoms with E-state index in [0.717, 1.165) is 12.8 Å². The Morgan fingerprint density at radius 3 is 2.94 bits per heavy atom. The largest absolute Gasteiger partial charge is 0.349 e. The van der Waals surface area contributed by atoms with E-state index in [-0.39, 0.29) is 12.5 Å². The number of nitrogens with zero attached hydrogens (tertiary/aromatic N) is 1. The van der Waals surface area contributed by atoms with Crippen molar-refractivity contribution in [3.05, 3.63) is 35.9 Å². The van der Waals surface area contributed by atoms with Crippen molar-refractivity contribution in [1.29, 1.82) is 0 Å². The lowest BCUT2D eigenvalue weighted by Gasteiger charge is -2.26. The Morgan fingerprint density at radius 1 is 1.61 bits per heavy atom. The van der Waals surface area contributed by atoms with Gasteiger partial charge >= 0.3 is 0 Å². The molecule has 1 aliphatic carbocycles. The highest BCUT2D eigenvalue weighted by Gasteiger charge is 2.20. The van der Waals surface area contributed by atoms with Gasteiger partial charge in [0.25, 0.3) is 5.91 Å². The van der Waals surface area contributed by atoms with Crippen molar-refractivity contribution in [1.82, 2.24) is 9.88 Å². The van der Waals surface area contributed by atoms with Crippen molar-refractivity contribution in [3.63, 3.8) is 0 Å². The molecule has 1 aliphatic rings. The molecule has 0 unspecified atom stereocenters. The summed E-state index contributed by atoms with van der Waals surface area (Å²) in [6.07, 6.45) is 7.31. The van der Waals surface area contributed by atoms with Crippen molar-refractivity contribution in [2.75, 3.05) is 6.54 Å². The second-order valence-corrected chi connectivity index (χ2v) is 4.65. The van der Waals surface area contributed by atoms with Gasteiger partial charge in [-0.3, -0.25) is 4.79 Å². The summed E-state index contributed by atoms with van der Waals surface area (Å²) in [5.74, 6) is -0.0584. The van der Waals surface area contributed by atoms with E-state index in [4.69, 9.17) is 5.73 Å². The summed E-state index contributed by atoms with van der Waals surface area (Å²) in [5, 5.41) is 2.96. The van der Waals surface area contributed by atoms with E-state index in [2.05, 4.69) is 5.32 Å². The summed E-state index contributed by atoms with van der Waals surface area (Å²) < 4.78 is 14.2. The third-order valence-electron chi connectivity index (χ3n) is 3.26. The number of amides is 1. The van der Waals surface area contributed by atoms with Crippen molar-refractivity contribution in [3.8, 4) is 0 Å². The van der Waals surface area contributed by atoms with Gasteiger partial charge in [-0.15, -0.1) is 0 Å². The first-order chi connectivity index (χ1) is 8.72. The molecule has 18 heavy (non-hydrogen) atoms. The average molecular weight is 251 g/mol. The van der Waals surface area contributed by atoms with Gasteiger partial charge in [0.2, 0.25) is 0 Å². The number of nitrogens with two attached hydrogens (primary N) is 1. The number of nitrogens with one attached hydrogen (secondary N) is 1. The molecular weight excluding hydrogens is 233 g/mol. The lowest BCUT2D eigenvalue weighted by molar-refractivity contribution is 0.0917. The zero-order chi connectivity index (χ0) is 13.0. The summed E-state index contributed by atoms with van der Waals surface area (Å²) in [6.45, 7) is 0.558. The molecule has 1 aromatic rings. The standard InChI is InChI=1S/C13H18FN3O/c14-6-10(7-15)8-17-5-4-11(9-17)13(18)16-12-2-1-3-12/h4-6,9,12H,1-3,7-8,15H2,(H,16,18)/b10-6+. The smallest absolute Gasteiger partial charge is 0.253 e. The molecule has 2 rings (SSSR count). The zero-order valence-electron chi connectivity index (χ0n) is 10.2. The molecule has 0 aromatic carbocycles. The molecule has 1 amide bonds. The SMILES string of the molecule is NC/C(=C\F)Cn1ccc(C(=O)NC2CCC2)c1. The topological polar surface area (TPSA) is 60.0 Å². The molecular formula is C13H18FN3O. The second kappa shape index (κ2) is 5.82. The third kappa shape index (κ3) is 2.98. The number of carbonyl (C=O) groups excluding carboxylic acids is 1. The highest BCUT2D eigenvalue weighted by molar-refractivity contribution is 5.94. The molecule has 1 saturated carbocycles. The van der Waals surface area contributed by atoms with Crippen LogP contribution in [0.2, 0.25) is 0 Å². The Kier molecular flexibility index (Phi) is 4.15. The molecule has 98 valence electrons. The number of carbonyl (C=O) groups is 1. The Hall–Kier alpha value is -1.62. The van der Waals surface area contributed by atoms with Crippen LogP contribution in [0.1, 0.15) is 29.6 Å². The van der Waals surface area contributed by atoms with Gasteiger partial charge in [-0.1, -0.05) is 0 Å². The summed E-state index contributed by atoms with van der Waals surface area (Å²) in [5.41, 5.74) is 6.49. The maximum atomic E-state index is 12.4. The molecule has 5 heteroatoms. The molecule has 4 nitrogen and oxygen atoms in total. The Morgan fingerprint density at radius 2 is 2.39 bits per heavy atom. The number of hydrogen-bond acceptors (Lipinski definition) is 2. The fourth-order valence-electron chi connectivity index (χ4n) is 1.87. The van der Waals surface area contributed by atoms with Crippen molar-refractivity contribution in [2.24, 2.45) is 5.73 Å². The highest BCUT2D eigenvalue weighted by Crippen LogP contribution is 2.18. The first kappa shape index (κ1) is 12.8. The van der Waals surface area contributed by atoms with Crippen LogP contribution >= 0.6 is 0 Å². The first-order valence-electron chi connectivity index (χ1n) is 6.17. The summed E-state index contributed by atoms with van der Waals surface area (Å²) in [7, 11) is 0. The van der Waals surface area contributed by atoms with Crippen LogP contribution in [0.3, 0.4) is 0 Å². The van der Waals surface area contributed by atoms with Gasteiger partial charge in [0.1, 0.15) is 0 Å². The fourth-order valence-corrected chi connectivity index (χ4v) is 1.87. The van der Waals surface area contributed by atoms with Crippen LogP contribution < -0.4 is 11.1 Å². The first-order valence-corrected chi connectivity index (χ1v) is 6.17. The average Bonchev–Trinajstić information content (AvgIpc) is 2.79. The van der Waals surface area contributed by atoms with Gasteiger partial charge in [0.05, 0.1) is 11.9 Å². The van der Waals surface area contributed by atoms with Crippen LogP contribution in [0.5, 0.6) is 0 Å². The van der Waals surface area contributed by atoms with Crippen LogP contribution in [0.4, 0.5) is 4.39 Å². The van der Waals surface area contributed by atoms with E-state index >= 15 is 0 Å². The monoisotopic (exact) mass is 251 g/mol. The maximum Gasteiger partial charge on any atom is 0.253 e. The van der Waals surface area contributed by atoms with E-state index < -0.39 is 0 Å². The van der Waals surface area contributed by atoms with Crippen LogP contribution in [0.25, 0.3) is 0 Å². The molecule has 1 fully saturated rings. The summed E-state index contributed by atoms with van der Waals surface area (Å²) >= 11 is 0. The van der Waals surface area contributed by atoms with Crippen molar-refractivity contribution >= 4 is 5.91 Å². The minimum absolute atomic E-state index is 0.0584. The number of aromatic nitrogens is 1. The second-order valence-electron chi connectivity index (χ2n) is 4.65. The fraction of sp³-hybridized carbons (Fsp3) is 0.462. The normalized spacial score (nSPS) is 16.4. The number of halogens is 1. The maximum absolute atomic E-state index is 12.4. The Labute approximate surface area is 106 Å². The van der Waals surface area contributed by atoms with Crippen LogP contribution in [-0.2, 0) is 6.54 Å². The minimum Gasteiger partial charge on any atom is -0.349 e. The third-order valence-corrected chi connectivity index (χ3v) is 3.26. The molecule has 0 aliphatic heterocycles. The highest BCUT2D eigenvalue weighted by atomic mass is 19.1. The zero-order valence-corrected chi connectivity index (χ0v) is 10.2. The predicted octanol–water partition coefficient (Wildman–Crippen LogP) is 1.58. The molecule has 0 spiro atoms. The Balaban J connectivity index is 1.94. The summed E-state index contributed by atoms with van der Waals surface area (Å²) in [6, 6.07) is 2.06. The van der Waals surface area contributed by atoms with Crippen molar-refractivity contribution in [2.45, 2.75) is 31.8 Å². The predicted molar refractivity (Wildman–Crippen MR) is 67.8 cm³/mol. The summed E-state index contributed by atoms with van der Waals surface area (Å²) in [4.78, 5) is 11.8. The van der Waals surface area contributed by atoms with Crippen LogP contribution in [-0.4, -0.2) is 23.1 Å². The van der Waals surface area contributed by atoms with Gasteiger partial charge in [-0.25, -0.2) is 4.39 Å². The van der Waals surface area contributed by atoms with E-state index in [1.807, 2.05) is 0 Å². The van der Waals surface area contributed by atoms with Gasteiger partial charge in [-0.2, -0.15) is 0 Å². The van der Waals surface area contributed by atoms with Gasteiger partial charge < -0.3 is 15.6 Å². The van der Waals surface area contributed by atoms with Gasteiger partial charge in [-0.05, 0) is 30.9 Å². The Bertz CT molecular complexity index is 449.